The molecule has 2 aromatic rings. The van der Waals surface area contributed by atoms with E-state index < -0.39 is 18.5 Å². The number of aromatic amines is 1. The Morgan fingerprint density at radius 2 is 1.79 bits per heavy atom. The third-order valence-electron chi connectivity index (χ3n) is 3.47. The van der Waals surface area contributed by atoms with Gasteiger partial charge in [0, 0.05) is 34.8 Å². The van der Waals surface area contributed by atoms with Gasteiger partial charge in [-0.1, -0.05) is 25.1 Å². The molecule has 0 aliphatic rings. The summed E-state index contributed by atoms with van der Waals surface area (Å²) in [4.78, 5) is 37.9. The number of para-hydroxylation sites is 1. The fourth-order valence-corrected chi connectivity index (χ4v) is 2.33. The highest BCUT2D eigenvalue weighted by molar-refractivity contribution is 6.09. The van der Waals surface area contributed by atoms with E-state index in [1.54, 1.807) is 13.1 Å². The van der Waals surface area contributed by atoms with E-state index in [0.29, 0.717) is 5.56 Å². The first-order chi connectivity index (χ1) is 11.6. The van der Waals surface area contributed by atoms with Gasteiger partial charge >= 0.3 is 11.9 Å². The number of aryl methyl sites for hydroxylation is 1. The summed E-state index contributed by atoms with van der Waals surface area (Å²) in [6.07, 6.45) is 4.37. The topological polar surface area (TPSA) is 85.5 Å². The van der Waals surface area contributed by atoms with E-state index in [9.17, 15) is 14.4 Å². The van der Waals surface area contributed by atoms with E-state index in [1.807, 2.05) is 25.1 Å². The smallest absolute Gasteiger partial charge is 0.331 e. The number of carbonyl (C=O) groups excluding carboxylic acids is 3. The van der Waals surface area contributed by atoms with Crippen LogP contribution in [0.4, 0.5) is 0 Å². The van der Waals surface area contributed by atoms with Crippen LogP contribution in [0.2, 0.25) is 0 Å². The molecule has 0 saturated heterocycles. The summed E-state index contributed by atoms with van der Waals surface area (Å²) in [7, 11) is 0. The predicted molar refractivity (Wildman–Crippen MR) is 88.7 cm³/mol. The molecule has 6 nitrogen and oxygen atoms in total. The molecule has 0 bridgehead atoms. The lowest BCUT2D eigenvalue weighted by Crippen LogP contribution is -2.12. The molecule has 1 aromatic carbocycles. The Labute approximate surface area is 139 Å². The van der Waals surface area contributed by atoms with Gasteiger partial charge in [0.05, 0.1) is 6.61 Å². The van der Waals surface area contributed by atoms with Crippen LogP contribution in [0.5, 0.6) is 0 Å². The van der Waals surface area contributed by atoms with Crippen LogP contribution in [0.3, 0.4) is 0 Å². The van der Waals surface area contributed by atoms with Gasteiger partial charge in [-0.15, -0.1) is 0 Å². The van der Waals surface area contributed by atoms with Crippen molar-refractivity contribution in [1.82, 2.24) is 4.98 Å². The Hall–Kier alpha value is -2.89. The minimum atomic E-state index is -0.773. The number of Topliss-reactive ketones (excluding diaryl/α,β-unsaturated/α-hetero) is 1. The number of ketones is 1. The predicted octanol–water partition coefficient (Wildman–Crippen LogP) is 2.58. The zero-order valence-electron chi connectivity index (χ0n) is 13.6. The van der Waals surface area contributed by atoms with Gasteiger partial charge in [-0.3, -0.25) is 4.79 Å². The molecule has 1 heterocycles. The molecule has 0 fully saturated rings. The maximum atomic E-state index is 12.3. The number of fused-ring (bicyclic) bond motifs is 1. The van der Waals surface area contributed by atoms with Crippen molar-refractivity contribution in [2.45, 2.75) is 20.3 Å². The molecular formula is C18H19NO5. The number of nitrogens with one attached hydrogen (secondary N) is 1. The average molecular weight is 329 g/mol. The summed E-state index contributed by atoms with van der Waals surface area (Å²) in [5.41, 5.74) is 2.50. The second-order valence-corrected chi connectivity index (χ2v) is 5.01. The Morgan fingerprint density at radius 3 is 2.46 bits per heavy atom. The lowest BCUT2D eigenvalue weighted by atomic mass is 10.1. The van der Waals surface area contributed by atoms with E-state index in [-0.39, 0.29) is 12.4 Å². The summed E-state index contributed by atoms with van der Waals surface area (Å²) in [5, 5.41) is 0.803. The zero-order valence-corrected chi connectivity index (χ0v) is 13.6. The van der Waals surface area contributed by atoms with Crippen molar-refractivity contribution in [2.24, 2.45) is 0 Å². The van der Waals surface area contributed by atoms with E-state index in [1.165, 1.54) is 0 Å². The first-order valence-corrected chi connectivity index (χ1v) is 7.70. The Morgan fingerprint density at radius 1 is 1.08 bits per heavy atom. The standard InChI is InChI=1S/C18H19NO5/c1-3-12-6-5-7-13-14(10-19-18(12)13)15(20)11-24-17(22)9-8-16(21)23-4-2/h5-10,19H,3-4,11H2,1-2H3/b9-8+. The Bertz CT molecular complexity index is 788. The number of rotatable bonds is 7. The molecule has 0 saturated carbocycles. The third-order valence-corrected chi connectivity index (χ3v) is 3.47. The summed E-state index contributed by atoms with van der Waals surface area (Å²) >= 11 is 0. The van der Waals surface area contributed by atoms with Crippen molar-refractivity contribution in [3.63, 3.8) is 0 Å². The molecular weight excluding hydrogens is 310 g/mol. The fraction of sp³-hybridized carbons (Fsp3) is 0.278. The van der Waals surface area contributed by atoms with Gasteiger partial charge in [0.15, 0.2) is 6.61 Å². The molecule has 0 unspecified atom stereocenters. The monoisotopic (exact) mass is 329 g/mol. The van der Waals surface area contributed by atoms with Crippen LogP contribution in [-0.4, -0.2) is 35.9 Å². The molecule has 0 aliphatic heterocycles. The number of hydrogen-bond donors (Lipinski definition) is 1. The van der Waals surface area contributed by atoms with Crippen LogP contribution in [0.25, 0.3) is 10.9 Å². The highest BCUT2D eigenvalue weighted by Crippen LogP contribution is 2.22. The van der Waals surface area contributed by atoms with Gasteiger partial charge in [-0.05, 0) is 18.9 Å². The number of esters is 2. The lowest BCUT2D eigenvalue weighted by molar-refractivity contribution is -0.139. The molecule has 0 atom stereocenters. The average Bonchev–Trinajstić information content (AvgIpc) is 3.02. The van der Waals surface area contributed by atoms with Gasteiger partial charge < -0.3 is 14.5 Å². The first-order valence-electron chi connectivity index (χ1n) is 7.70. The minimum absolute atomic E-state index is 0.219. The van der Waals surface area contributed by atoms with Crippen molar-refractivity contribution in [3.8, 4) is 0 Å². The van der Waals surface area contributed by atoms with Crippen LogP contribution in [-0.2, 0) is 25.5 Å². The molecule has 24 heavy (non-hydrogen) atoms. The minimum Gasteiger partial charge on any atom is -0.463 e. The largest absolute Gasteiger partial charge is 0.463 e. The summed E-state index contributed by atoms with van der Waals surface area (Å²) < 4.78 is 9.51. The quantitative estimate of drug-likeness (QED) is 0.479. The van der Waals surface area contributed by atoms with E-state index >= 15 is 0 Å². The number of H-pyrrole nitrogens is 1. The van der Waals surface area contributed by atoms with Crippen LogP contribution in [0, 0.1) is 0 Å². The Kier molecular flexibility index (Phi) is 5.89. The van der Waals surface area contributed by atoms with Gasteiger partial charge in [0.1, 0.15) is 0 Å². The van der Waals surface area contributed by atoms with Crippen molar-refractivity contribution >= 4 is 28.6 Å². The maximum Gasteiger partial charge on any atom is 0.331 e. The summed E-state index contributed by atoms with van der Waals surface area (Å²) in [5.74, 6) is -1.72. The highest BCUT2D eigenvalue weighted by atomic mass is 16.5. The lowest BCUT2D eigenvalue weighted by Gasteiger charge is -2.02. The van der Waals surface area contributed by atoms with Crippen molar-refractivity contribution < 1.29 is 23.9 Å². The van der Waals surface area contributed by atoms with Crippen LogP contribution in [0.1, 0.15) is 29.8 Å². The number of hydrogen-bond acceptors (Lipinski definition) is 5. The van der Waals surface area contributed by atoms with Gasteiger partial charge in [-0.2, -0.15) is 0 Å². The SMILES string of the molecule is CCOC(=O)/C=C/C(=O)OCC(=O)c1c[nH]c2c(CC)cccc12. The van der Waals surface area contributed by atoms with E-state index in [2.05, 4.69) is 9.72 Å². The molecule has 1 aromatic heterocycles. The van der Waals surface area contributed by atoms with Crippen LogP contribution >= 0.6 is 0 Å². The molecule has 126 valence electrons. The highest BCUT2D eigenvalue weighted by Gasteiger charge is 2.15. The number of aromatic nitrogens is 1. The summed E-state index contributed by atoms with van der Waals surface area (Å²) in [6.45, 7) is 3.52. The second kappa shape index (κ2) is 8.10. The molecule has 6 heteroatoms. The maximum absolute atomic E-state index is 12.3. The summed E-state index contributed by atoms with van der Waals surface area (Å²) in [6, 6.07) is 5.73. The number of ether oxygens (including phenoxy) is 2. The third kappa shape index (κ3) is 4.10. The van der Waals surface area contributed by atoms with Crippen LogP contribution in [0.15, 0.2) is 36.5 Å². The number of carbonyl (C=O) groups is 3. The van der Waals surface area contributed by atoms with Gasteiger partial charge in [-0.25, -0.2) is 9.59 Å². The first kappa shape index (κ1) is 17.5. The molecule has 1 N–H and O–H groups in total. The molecule has 0 spiro atoms. The molecule has 0 amide bonds. The second-order valence-electron chi connectivity index (χ2n) is 5.01. The molecule has 0 aliphatic carbocycles. The van der Waals surface area contributed by atoms with Crippen molar-refractivity contribution in [3.05, 3.63) is 47.7 Å². The van der Waals surface area contributed by atoms with Gasteiger partial charge in [0.2, 0.25) is 5.78 Å². The Balaban J connectivity index is 2.01. The van der Waals surface area contributed by atoms with Gasteiger partial charge in [0.25, 0.3) is 0 Å². The molecule has 2 rings (SSSR count). The fourth-order valence-electron chi connectivity index (χ4n) is 2.33. The van der Waals surface area contributed by atoms with Crippen molar-refractivity contribution in [1.29, 1.82) is 0 Å². The normalized spacial score (nSPS) is 10.9. The van der Waals surface area contributed by atoms with Crippen LogP contribution < -0.4 is 0 Å². The van der Waals surface area contributed by atoms with E-state index in [4.69, 9.17) is 4.74 Å². The van der Waals surface area contributed by atoms with Crippen molar-refractivity contribution in [2.75, 3.05) is 13.2 Å². The molecule has 0 radical (unpaired) electrons. The zero-order chi connectivity index (χ0) is 17.5. The number of benzene rings is 1. The van der Waals surface area contributed by atoms with E-state index in [0.717, 1.165) is 35.0 Å².